The van der Waals surface area contributed by atoms with Gasteiger partial charge in [0.15, 0.2) is 0 Å². The molecular weight excluding hydrogens is 548 g/mol. The lowest BCUT2D eigenvalue weighted by Crippen LogP contribution is -2.59. The molecule has 41 heavy (non-hydrogen) atoms. The van der Waals surface area contributed by atoms with Crippen molar-refractivity contribution in [2.45, 2.75) is 87.7 Å². The number of hydrogen-bond acceptors (Lipinski definition) is 8. The predicted molar refractivity (Wildman–Crippen MR) is 154 cm³/mol. The second-order valence-electron chi connectivity index (χ2n) is 12.4. The third-order valence-electron chi connectivity index (χ3n) is 8.13. The first kappa shape index (κ1) is 30.6. The summed E-state index contributed by atoms with van der Waals surface area (Å²) in [6, 6.07) is 7.22. The van der Waals surface area contributed by atoms with Crippen LogP contribution in [-0.4, -0.2) is 98.9 Å². The van der Waals surface area contributed by atoms with Crippen molar-refractivity contribution < 1.29 is 23.4 Å². The highest BCUT2D eigenvalue weighted by Gasteiger charge is 2.52. The number of rotatable bonds is 8. The highest BCUT2D eigenvalue weighted by Crippen LogP contribution is 2.49. The first-order valence-electron chi connectivity index (χ1n) is 13.9. The summed E-state index contributed by atoms with van der Waals surface area (Å²) in [6.45, 7) is 8.28. The summed E-state index contributed by atoms with van der Waals surface area (Å²) in [5.41, 5.74) is 0.148. The molecule has 3 heterocycles. The van der Waals surface area contributed by atoms with E-state index in [1.54, 1.807) is 45.4 Å². The van der Waals surface area contributed by atoms with Crippen molar-refractivity contribution in [2.24, 2.45) is 0 Å². The van der Waals surface area contributed by atoms with Gasteiger partial charge in [0.1, 0.15) is 17.7 Å². The summed E-state index contributed by atoms with van der Waals surface area (Å²) in [6.07, 6.45) is 4.48. The zero-order chi connectivity index (χ0) is 30.3. The van der Waals surface area contributed by atoms with Gasteiger partial charge in [-0.05, 0) is 64.7 Å². The van der Waals surface area contributed by atoms with Crippen LogP contribution >= 0.6 is 10.2 Å². The van der Waals surface area contributed by atoms with Crippen molar-refractivity contribution in [1.29, 1.82) is 5.26 Å². The van der Waals surface area contributed by atoms with Crippen molar-refractivity contribution >= 4 is 28.1 Å². The van der Waals surface area contributed by atoms with E-state index in [9.17, 15) is 29.8 Å². The second-order valence-corrected chi connectivity index (χ2v) is 15.7. The molecule has 3 aliphatic rings. The van der Waals surface area contributed by atoms with Crippen LogP contribution in [0.1, 0.15) is 58.6 Å². The van der Waals surface area contributed by atoms with Crippen molar-refractivity contribution in [2.75, 3.05) is 32.1 Å². The van der Waals surface area contributed by atoms with E-state index in [0.29, 0.717) is 37.2 Å². The van der Waals surface area contributed by atoms with Gasteiger partial charge >= 0.3 is 6.09 Å². The van der Waals surface area contributed by atoms with E-state index >= 15 is 0 Å². The molecular formula is C28H40N6O6S. The van der Waals surface area contributed by atoms with E-state index in [1.165, 1.54) is 4.90 Å². The zero-order valence-corrected chi connectivity index (χ0v) is 25.3. The Morgan fingerprint density at radius 2 is 1.93 bits per heavy atom. The van der Waals surface area contributed by atoms with Gasteiger partial charge in [-0.1, -0.05) is 12.1 Å². The summed E-state index contributed by atoms with van der Waals surface area (Å²) in [4.78, 5) is 57.2. The molecule has 12 nitrogen and oxygen atoms in total. The Hall–Kier alpha value is -3.37. The van der Waals surface area contributed by atoms with Crippen molar-refractivity contribution in [3.63, 3.8) is 0 Å². The van der Waals surface area contributed by atoms with E-state index in [-0.39, 0.29) is 34.8 Å². The van der Waals surface area contributed by atoms with Crippen LogP contribution in [0.4, 0.5) is 4.79 Å². The van der Waals surface area contributed by atoms with Gasteiger partial charge in [0.05, 0.1) is 27.4 Å². The molecule has 0 spiro atoms. The SMILES string of the molecule is C[C@@H](c1ccc(S(C)(C)[N+](=O)[O-])cc1)N1C(=O)[C@@H]2CC1CN2C[C@H](NC(=O)OC(C)(C)C)C(=O)N1CCC[C@H]1C#N. The lowest BCUT2D eigenvalue weighted by atomic mass is 10.1. The monoisotopic (exact) mass is 588 g/mol. The van der Waals surface area contributed by atoms with Gasteiger partial charge in [-0.3, -0.25) is 24.6 Å². The molecule has 3 fully saturated rings. The molecule has 5 atom stereocenters. The number of amides is 3. The second kappa shape index (κ2) is 11.5. The standard InChI is InChI=1S/C28H40N6O6S/c1-18(19-9-11-22(12-10-19)41(5,6)34(38)39)33-21-14-24(26(33)36)31(16-21)17-23(30-27(37)40-28(2,3)4)25(35)32-13-7-8-20(32)15-29/h9-12,18,20-21,23-24H,7-8,13-14,16-17H2,1-6H3,(H,30,37)/t18-,20-,21?,23-,24-/m0/s1. The smallest absolute Gasteiger partial charge is 0.408 e. The Morgan fingerprint density at radius 3 is 2.49 bits per heavy atom. The third kappa shape index (κ3) is 6.28. The van der Waals surface area contributed by atoms with Crippen molar-refractivity contribution in [3.05, 3.63) is 39.9 Å². The number of piperazine rings is 1. The number of carbonyl (C=O) groups excluding carboxylic acids is 3. The van der Waals surface area contributed by atoms with Gasteiger partial charge in [-0.15, -0.1) is 0 Å². The van der Waals surface area contributed by atoms with Crippen molar-refractivity contribution in [3.8, 4) is 6.07 Å². The van der Waals surface area contributed by atoms with E-state index in [2.05, 4.69) is 11.4 Å². The molecule has 2 bridgehead atoms. The summed E-state index contributed by atoms with van der Waals surface area (Å²) >= 11 is 0. The summed E-state index contributed by atoms with van der Waals surface area (Å²) in [7, 11) is -2.17. The number of likely N-dealkylation sites (tertiary alicyclic amines) is 3. The van der Waals surface area contributed by atoms with Crippen LogP contribution in [0.5, 0.6) is 0 Å². The number of ether oxygens (including phenoxy) is 1. The minimum absolute atomic E-state index is 0.0476. The molecule has 1 aromatic carbocycles. The summed E-state index contributed by atoms with van der Waals surface area (Å²) in [5, 5.41) is 23.7. The average molecular weight is 589 g/mol. The largest absolute Gasteiger partial charge is 0.444 e. The maximum absolute atomic E-state index is 13.6. The molecule has 3 saturated heterocycles. The molecule has 1 N–H and O–H groups in total. The van der Waals surface area contributed by atoms with Crippen LogP contribution in [0.25, 0.3) is 0 Å². The molecule has 4 rings (SSSR count). The number of nitro groups is 1. The Balaban J connectivity index is 1.47. The number of nitriles is 1. The predicted octanol–water partition coefficient (Wildman–Crippen LogP) is 3.06. The van der Waals surface area contributed by atoms with Gasteiger partial charge in [0, 0.05) is 48.4 Å². The van der Waals surface area contributed by atoms with Gasteiger partial charge in [-0.2, -0.15) is 5.26 Å². The Labute approximate surface area is 242 Å². The van der Waals surface area contributed by atoms with Crippen LogP contribution in [0.3, 0.4) is 0 Å². The fraction of sp³-hybridized carbons (Fsp3) is 0.643. The maximum Gasteiger partial charge on any atom is 0.408 e. The number of fused-ring (bicyclic) bond motifs is 2. The van der Waals surface area contributed by atoms with Crippen LogP contribution in [-0.2, 0) is 14.3 Å². The molecule has 1 aromatic rings. The molecule has 0 aromatic heterocycles. The van der Waals surface area contributed by atoms with Crippen LogP contribution < -0.4 is 5.32 Å². The highest BCUT2D eigenvalue weighted by molar-refractivity contribution is 8.27. The number of benzene rings is 1. The van der Waals surface area contributed by atoms with Crippen molar-refractivity contribution in [1.82, 2.24) is 20.0 Å². The van der Waals surface area contributed by atoms with E-state index in [1.807, 2.05) is 28.9 Å². The normalized spacial score (nSPS) is 24.6. The minimum atomic E-state index is -2.17. The first-order valence-corrected chi connectivity index (χ1v) is 16.3. The van der Waals surface area contributed by atoms with Gasteiger partial charge in [-0.25, -0.2) is 4.79 Å². The van der Waals surface area contributed by atoms with Gasteiger partial charge < -0.3 is 19.9 Å². The van der Waals surface area contributed by atoms with Crippen LogP contribution in [0.15, 0.2) is 29.2 Å². The minimum Gasteiger partial charge on any atom is -0.444 e. The lowest BCUT2D eigenvalue weighted by molar-refractivity contribution is -0.295. The Bertz CT molecular complexity index is 1240. The molecule has 3 amide bonds. The van der Waals surface area contributed by atoms with E-state index < -0.39 is 40.0 Å². The molecule has 3 aliphatic heterocycles. The Kier molecular flexibility index (Phi) is 8.57. The number of nitrogens with one attached hydrogen (secondary N) is 1. The number of carbonyl (C=O) groups is 3. The first-order chi connectivity index (χ1) is 19.1. The quantitative estimate of drug-likeness (QED) is 0.360. The average Bonchev–Trinajstić information content (AvgIpc) is 3.61. The fourth-order valence-corrected chi connectivity index (χ4v) is 6.93. The van der Waals surface area contributed by atoms with Crippen LogP contribution in [0, 0.1) is 21.4 Å². The number of alkyl carbamates (subject to hydrolysis) is 1. The number of hydrogen-bond donors (Lipinski definition) is 1. The van der Waals surface area contributed by atoms with E-state index in [0.717, 1.165) is 5.56 Å². The van der Waals surface area contributed by atoms with Gasteiger partial charge in [0.2, 0.25) is 11.8 Å². The number of nitrogens with zero attached hydrogens (tertiary/aromatic N) is 5. The molecule has 1 unspecified atom stereocenters. The summed E-state index contributed by atoms with van der Waals surface area (Å²) < 4.78 is 5.17. The molecule has 13 heteroatoms. The maximum atomic E-state index is 13.6. The Morgan fingerprint density at radius 1 is 1.27 bits per heavy atom. The highest BCUT2D eigenvalue weighted by atomic mass is 32.3. The third-order valence-corrected chi connectivity index (χ3v) is 10.3. The molecule has 0 aliphatic carbocycles. The lowest BCUT2D eigenvalue weighted by Gasteiger charge is -2.39. The zero-order valence-electron chi connectivity index (χ0n) is 24.5. The molecule has 0 saturated carbocycles. The van der Waals surface area contributed by atoms with E-state index in [4.69, 9.17) is 4.74 Å². The summed E-state index contributed by atoms with van der Waals surface area (Å²) in [5.74, 6) is -0.395. The fourth-order valence-electron chi connectivity index (χ4n) is 5.96. The molecule has 224 valence electrons. The van der Waals surface area contributed by atoms with Gasteiger partial charge in [0.25, 0.3) is 0 Å². The van der Waals surface area contributed by atoms with Crippen LogP contribution in [0.2, 0.25) is 0 Å². The topological polar surface area (TPSA) is 149 Å². The molecule has 0 radical (unpaired) electrons.